The molecular weight excluding hydrogens is 396 g/mol. The second kappa shape index (κ2) is 25.0. The molecule has 0 aromatic heterocycles. The van der Waals surface area contributed by atoms with Gasteiger partial charge in [0.25, 0.3) is 0 Å². The highest BCUT2D eigenvalue weighted by Crippen LogP contribution is 2.13. The number of ether oxygens (including phenoxy) is 1. The summed E-state index contributed by atoms with van der Waals surface area (Å²) < 4.78 is 4.93. The van der Waals surface area contributed by atoms with Crippen LogP contribution in [0.15, 0.2) is 0 Å². The summed E-state index contributed by atoms with van der Waals surface area (Å²) in [6.45, 7) is 4.13. The molecule has 0 atom stereocenters. The molecule has 0 saturated carbocycles. The van der Waals surface area contributed by atoms with Crippen molar-refractivity contribution < 1.29 is 29.3 Å². The lowest BCUT2D eigenvalue weighted by molar-refractivity contribution is -0.153. The maximum Gasteiger partial charge on any atom is 0.306 e. The number of esters is 1. The Morgan fingerprint density at radius 1 is 0.613 bits per heavy atom. The Labute approximate surface area is 190 Å². The number of rotatable bonds is 20. The van der Waals surface area contributed by atoms with Gasteiger partial charge in [-0.15, -0.1) is 0 Å². The molecule has 0 fully saturated rings. The zero-order valence-electron chi connectivity index (χ0n) is 20.3. The molecule has 0 bridgehead atoms. The van der Waals surface area contributed by atoms with Gasteiger partial charge in [0.15, 0.2) is 11.6 Å². The molecule has 0 heterocycles. The minimum absolute atomic E-state index is 0.317. The maximum atomic E-state index is 11.5. The van der Waals surface area contributed by atoms with Gasteiger partial charge >= 0.3 is 5.97 Å². The van der Waals surface area contributed by atoms with Crippen LogP contribution in [0.3, 0.4) is 0 Å². The molecular formula is C25H48O6. The van der Waals surface area contributed by atoms with E-state index in [0.717, 1.165) is 12.8 Å². The molecule has 0 aliphatic carbocycles. The molecule has 31 heavy (non-hydrogen) atoms. The Kier molecular flexibility index (Phi) is 25.7. The molecule has 6 nitrogen and oxygen atoms in total. The van der Waals surface area contributed by atoms with E-state index in [1.165, 1.54) is 97.3 Å². The lowest BCUT2D eigenvalue weighted by atomic mass is 10.0. The second-order valence-electron chi connectivity index (χ2n) is 8.29. The number of carbonyl (C=O) groups excluding carboxylic acids is 3. The average molecular weight is 445 g/mol. The van der Waals surface area contributed by atoms with Crippen LogP contribution in [0.2, 0.25) is 0 Å². The molecule has 0 radical (unpaired) electrons. The first-order chi connectivity index (χ1) is 14.9. The molecule has 184 valence electrons. The summed E-state index contributed by atoms with van der Waals surface area (Å²) in [5, 5.41) is 17.7. The summed E-state index contributed by atoms with van der Waals surface area (Å²) in [6, 6.07) is 0. The van der Waals surface area contributed by atoms with E-state index in [2.05, 4.69) is 6.92 Å². The van der Waals surface area contributed by atoms with Gasteiger partial charge in [0.1, 0.15) is 6.10 Å². The minimum Gasteiger partial charge on any atom is -0.457 e. The first-order valence-corrected chi connectivity index (χ1v) is 12.3. The van der Waals surface area contributed by atoms with Crippen molar-refractivity contribution in [1.29, 1.82) is 0 Å². The van der Waals surface area contributed by atoms with Crippen LogP contribution in [0.5, 0.6) is 0 Å². The van der Waals surface area contributed by atoms with E-state index in [4.69, 9.17) is 14.9 Å². The van der Waals surface area contributed by atoms with Gasteiger partial charge in [-0.05, 0) is 6.42 Å². The van der Waals surface area contributed by atoms with Crippen LogP contribution in [0, 0.1) is 0 Å². The normalized spacial score (nSPS) is 10.5. The number of hydrogen-bond acceptors (Lipinski definition) is 6. The van der Waals surface area contributed by atoms with Crippen molar-refractivity contribution in [1.82, 2.24) is 0 Å². The molecule has 0 amide bonds. The van der Waals surface area contributed by atoms with Crippen molar-refractivity contribution in [3.63, 3.8) is 0 Å². The van der Waals surface area contributed by atoms with Gasteiger partial charge in [-0.25, -0.2) is 0 Å². The summed E-state index contributed by atoms with van der Waals surface area (Å²) >= 11 is 0. The molecule has 0 rings (SSSR count). The Morgan fingerprint density at radius 3 is 1.23 bits per heavy atom. The van der Waals surface area contributed by atoms with Crippen molar-refractivity contribution in [2.45, 2.75) is 130 Å². The van der Waals surface area contributed by atoms with Crippen LogP contribution in [0.25, 0.3) is 0 Å². The number of unbranched alkanes of at least 4 members (excludes halogenated alkanes) is 14. The highest BCUT2D eigenvalue weighted by Gasteiger charge is 2.11. The second-order valence-corrected chi connectivity index (χ2v) is 8.29. The Morgan fingerprint density at radius 2 is 0.935 bits per heavy atom. The predicted molar refractivity (Wildman–Crippen MR) is 125 cm³/mol. The van der Waals surface area contributed by atoms with Crippen molar-refractivity contribution in [3.05, 3.63) is 0 Å². The van der Waals surface area contributed by atoms with Crippen LogP contribution in [-0.2, 0) is 19.1 Å². The highest BCUT2D eigenvalue weighted by atomic mass is 16.6. The summed E-state index contributed by atoms with van der Waals surface area (Å²) in [5.41, 5.74) is 0. The van der Waals surface area contributed by atoms with Gasteiger partial charge in [0.2, 0.25) is 0 Å². The number of hydrogen-bond donors (Lipinski definition) is 2. The zero-order chi connectivity index (χ0) is 23.7. The summed E-state index contributed by atoms with van der Waals surface area (Å²) in [4.78, 5) is 31.0. The van der Waals surface area contributed by atoms with E-state index in [-0.39, 0.29) is 30.7 Å². The van der Waals surface area contributed by atoms with E-state index in [9.17, 15) is 14.4 Å². The van der Waals surface area contributed by atoms with E-state index >= 15 is 0 Å². The third-order valence-electron chi connectivity index (χ3n) is 5.19. The summed E-state index contributed by atoms with van der Waals surface area (Å²) in [5.74, 6) is -1.08. The number of ketones is 2. The van der Waals surface area contributed by atoms with Crippen LogP contribution in [0.4, 0.5) is 0 Å². The maximum absolute atomic E-state index is 11.5. The summed E-state index contributed by atoms with van der Waals surface area (Å²) in [7, 11) is 0. The SMILES string of the molecule is CC(=O)C(C)=O.CCCCCCCCCCCCCCCCCC(=O)OC(CO)CO. The van der Waals surface area contributed by atoms with Crippen molar-refractivity contribution in [2.24, 2.45) is 0 Å². The fourth-order valence-electron chi connectivity index (χ4n) is 3.02. The Hall–Kier alpha value is -1.27. The number of Topliss-reactive ketones (excluding diaryl/α,β-unsaturated/α-hetero) is 2. The smallest absolute Gasteiger partial charge is 0.306 e. The van der Waals surface area contributed by atoms with Gasteiger partial charge in [-0.3, -0.25) is 14.4 Å². The van der Waals surface area contributed by atoms with Gasteiger partial charge in [-0.2, -0.15) is 0 Å². The molecule has 0 aromatic rings. The Bertz CT molecular complexity index is 420. The van der Waals surface area contributed by atoms with E-state index < -0.39 is 6.10 Å². The molecule has 6 heteroatoms. The highest BCUT2D eigenvalue weighted by molar-refractivity contribution is 6.35. The molecule has 0 saturated heterocycles. The monoisotopic (exact) mass is 444 g/mol. The first kappa shape index (κ1) is 31.9. The van der Waals surface area contributed by atoms with Crippen LogP contribution in [-0.4, -0.2) is 47.1 Å². The van der Waals surface area contributed by atoms with E-state index in [1.807, 2.05) is 0 Å². The third-order valence-corrected chi connectivity index (χ3v) is 5.19. The molecule has 0 aliphatic heterocycles. The largest absolute Gasteiger partial charge is 0.457 e. The lowest BCUT2D eigenvalue weighted by Gasteiger charge is -2.12. The quantitative estimate of drug-likeness (QED) is 0.150. The van der Waals surface area contributed by atoms with E-state index in [0.29, 0.717) is 6.42 Å². The van der Waals surface area contributed by atoms with Crippen molar-refractivity contribution in [2.75, 3.05) is 13.2 Å². The summed E-state index contributed by atoms with van der Waals surface area (Å²) in [6.07, 6.45) is 19.1. The van der Waals surface area contributed by atoms with Crippen LogP contribution in [0.1, 0.15) is 124 Å². The number of aliphatic hydroxyl groups excluding tert-OH is 2. The molecule has 0 unspecified atom stereocenters. The Balaban J connectivity index is 0. The fraction of sp³-hybridized carbons (Fsp3) is 0.880. The molecule has 0 aromatic carbocycles. The van der Waals surface area contributed by atoms with Crippen LogP contribution < -0.4 is 0 Å². The van der Waals surface area contributed by atoms with E-state index in [1.54, 1.807) is 0 Å². The minimum atomic E-state index is -0.760. The standard InChI is InChI=1S/C21H42O4.C4H6O2/c1-2-3-4-5-6-7-8-9-10-11-12-13-14-15-16-17-21(24)25-20(18-22)19-23;1-3(5)4(2)6/h20,22-23H,2-19H2,1H3;1-2H3. The first-order valence-electron chi connectivity index (χ1n) is 12.3. The van der Waals surface area contributed by atoms with Crippen molar-refractivity contribution in [3.8, 4) is 0 Å². The zero-order valence-corrected chi connectivity index (χ0v) is 20.3. The van der Waals surface area contributed by atoms with Gasteiger partial charge < -0.3 is 14.9 Å². The van der Waals surface area contributed by atoms with Crippen LogP contribution >= 0.6 is 0 Å². The fourth-order valence-corrected chi connectivity index (χ4v) is 3.02. The number of carbonyl (C=O) groups is 3. The van der Waals surface area contributed by atoms with Gasteiger partial charge in [0.05, 0.1) is 13.2 Å². The third kappa shape index (κ3) is 26.7. The predicted octanol–water partition coefficient (Wildman–Crippen LogP) is 5.31. The molecule has 0 spiro atoms. The molecule has 0 aliphatic rings. The molecule has 2 N–H and O–H groups in total. The number of aliphatic hydroxyl groups is 2. The topological polar surface area (TPSA) is 101 Å². The lowest BCUT2D eigenvalue weighted by Crippen LogP contribution is -2.25. The average Bonchev–Trinajstić information content (AvgIpc) is 2.75. The van der Waals surface area contributed by atoms with Crippen molar-refractivity contribution >= 4 is 17.5 Å². The van der Waals surface area contributed by atoms with Gasteiger partial charge in [-0.1, -0.05) is 96.8 Å². The van der Waals surface area contributed by atoms with Gasteiger partial charge in [0, 0.05) is 20.3 Å².